The van der Waals surface area contributed by atoms with Gasteiger partial charge in [-0.05, 0) is 0 Å². The van der Waals surface area contributed by atoms with Crippen molar-refractivity contribution in [2.45, 2.75) is 49.1 Å². The fourth-order valence-electron chi connectivity index (χ4n) is 3.73. The number of phosphoric ester groups is 2. The molecule has 19 nitrogen and oxygen atoms in total. The molecule has 0 radical (unpaired) electrons. The molecule has 8 atom stereocenters. The fraction of sp³-hybridized carbons (Fsp3) is 0.667. The fourth-order valence-corrected chi connectivity index (χ4v) is 4.39. The van der Waals surface area contributed by atoms with E-state index in [1.807, 2.05) is 0 Å². The van der Waals surface area contributed by atoms with Crippen molar-refractivity contribution in [1.29, 1.82) is 0 Å². The Hall–Kier alpha value is -1.67. The first-order valence-electron chi connectivity index (χ1n) is 10.0. The number of ether oxygens (including phenoxy) is 3. The van der Waals surface area contributed by atoms with Crippen molar-refractivity contribution in [3.8, 4) is 0 Å². The Labute approximate surface area is 200 Å². The standard InChI is InChI=1S/C15H23N5O14P2/c16-12-7-13(18-3-17-12)20(4-19-7)14-11(9(22)6(32-14)2-31-36(27,28)29)34-15-10(23)8(21)5(33-15)1-30-35(24,25)26/h3-6,8-11,14-15,21-23H,1-2H2,(H2,16,17,18)(H2,24,25,26)(H2,27,28,29)/p-4/t5-,6-,8-,9-,10-,11-,14-,15-/m1/s1. The lowest BCUT2D eigenvalue weighted by Gasteiger charge is -2.30. The van der Waals surface area contributed by atoms with Crippen molar-refractivity contribution < 1.29 is 67.3 Å². The summed E-state index contributed by atoms with van der Waals surface area (Å²) in [4.78, 5) is 55.1. The highest BCUT2D eigenvalue weighted by molar-refractivity contribution is 7.43. The van der Waals surface area contributed by atoms with Crippen LogP contribution in [0.25, 0.3) is 11.2 Å². The summed E-state index contributed by atoms with van der Waals surface area (Å²) in [5.74, 6) is 0.00263. The van der Waals surface area contributed by atoms with Gasteiger partial charge in [0.15, 0.2) is 24.0 Å². The third-order valence-electron chi connectivity index (χ3n) is 5.38. The predicted octanol–water partition coefficient (Wildman–Crippen LogP) is -5.81. The number of nitrogen functional groups attached to an aromatic ring is 1. The summed E-state index contributed by atoms with van der Waals surface area (Å²) in [6.45, 7) is -1.84. The summed E-state index contributed by atoms with van der Waals surface area (Å²) in [7, 11) is -10.9. The second-order valence-electron chi connectivity index (χ2n) is 7.75. The largest absolute Gasteiger partial charge is 0.790 e. The maximum Gasteiger partial charge on any atom is 0.187 e. The molecule has 202 valence electrons. The number of hydrogen-bond donors (Lipinski definition) is 4. The maximum atomic E-state index is 10.9. The van der Waals surface area contributed by atoms with Crippen molar-refractivity contribution in [2.75, 3.05) is 18.9 Å². The Morgan fingerprint density at radius 2 is 1.56 bits per heavy atom. The van der Waals surface area contributed by atoms with E-state index in [1.54, 1.807) is 0 Å². The number of nitrogens with two attached hydrogens (primary N) is 1. The molecule has 2 aromatic rings. The lowest BCUT2D eigenvalue weighted by Crippen LogP contribution is -2.42. The van der Waals surface area contributed by atoms with E-state index in [1.165, 1.54) is 10.9 Å². The number of nitrogens with zero attached hydrogens (tertiary/aromatic N) is 4. The van der Waals surface area contributed by atoms with Gasteiger partial charge in [-0.15, -0.1) is 0 Å². The third-order valence-corrected chi connectivity index (χ3v) is 6.31. The molecule has 0 saturated carbocycles. The normalized spacial score (nSPS) is 33.5. The summed E-state index contributed by atoms with van der Waals surface area (Å²) in [6, 6.07) is 0. The number of imidazole rings is 1. The van der Waals surface area contributed by atoms with Crippen LogP contribution >= 0.6 is 15.6 Å². The van der Waals surface area contributed by atoms with Crippen LogP contribution in [0, 0.1) is 0 Å². The summed E-state index contributed by atoms with van der Waals surface area (Å²) in [5.41, 5.74) is 6.01. The Morgan fingerprint density at radius 1 is 0.944 bits per heavy atom. The Kier molecular flexibility index (Phi) is 7.78. The van der Waals surface area contributed by atoms with Crippen molar-refractivity contribution in [1.82, 2.24) is 19.5 Å². The first-order chi connectivity index (χ1) is 16.7. The van der Waals surface area contributed by atoms with E-state index < -0.39 is 78.0 Å². The number of aliphatic hydroxyl groups is 3. The van der Waals surface area contributed by atoms with E-state index in [4.69, 9.17) is 19.9 Å². The quantitative estimate of drug-likeness (QED) is 0.209. The van der Waals surface area contributed by atoms with Crippen molar-refractivity contribution >= 4 is 32.6 Å². The molecule has 5 N–H and O–H groups in total. The van der Waals surface area contributed by atoms with Gasteiger partial charge in [-0.1, -0.05) is 0 Å². The molecule has 36 heavy (non-hydrogen) atoms. The molecule has 0 amide bonds. The van der Waals surface area contributed by atoms with E-state index in [9.17, 15) is 44.0 Å². The first kappa shape index (κ1) is 27.4. The zero-order chi connectivity index (χ0) is 26.4. The topological polar surface area (TPSA) is 303 Å². The van der Waals surface area contributed by atoms with Gasteiger partial charge in [0.05, 0.1) is 35.2 Å². The Bertz CT molecular complexity index is 1170. The second-order valence-corrected chi connectivity index (χ2v) is 10.1. The monoisotopic (exact) mass is 555 g/mol. The average molecular weight is 555 g/mol. The predicted molar refractivity (Wildman–Crippen MR) is 102 cm³/mol. The molecule has 4 rings (SSSR count). The van der Waals surface area contributed by atoms with Crippen LogP contribution in [0.15, 0.2) is 12.7 Å². The Balaban J connectivity index is 1.58. The highest BCUT2D eigenvalue weighted by Gasteiger charge is 2.51. The van der Waals surface area contributed by atoms with Crippen LogP contribution in [-0.4, -0.2) is 91.0 Å². The van der Waals surface area contributed by atoms with Crippen molar-refractivity contribution in [2.24, 2.45) is 0 Å². The van der Waals surface area contributed by atoms with E-state index in [0.29, 0.717) is 0 Å². The zero-order valence-corrected chi connectivity index (χ0v) is 19.6. The van der Waals surface area contributed by atoms with Gasteiger partial charge in [-0.3, -0.25) is 4.57 Å². The van der Waals surface area contributed by atoms with Crippen molar-refractivity contribution in [3.05, 3.63) is 12.7 Å². The summed E-state index contributed by atoms with van der Waals surface area (Å²) in [5, 5.41) is 31.2. The minimum absolute atomic E-state index is 0.00263. The highest BCUT2D eigenvalue weighted by atomic mass is 31.2. The second kappa shape index (κ2) is 10.2. The highest BCUT2D eigenvalue weighted by Crippen LogP contribution is 2.38. The molecule has 21 heteroatoms. The molecule has 2 fully saturated rings. The molecule has 0 unspecified atom stereocenters. The van der Waals surface area contributed by atoms with E-state index in [0.717, 1.165) is 6.33 Å². The number of fused-ring (bicyclic) bond motifs is 1. The smallest absolute Gasteiger partial charge is 0.187 e. The van der Waals surface area contributed by atoms with Gasteiger partial charge >= 0.3 is 0 Å². The zero-order valence-electron chi connectivity index (χ0n) is 17.8. The van der Waals surface area contributed by atoms with Gasteiger partial charge in [-0.2, -0.15) is 0 Å². The molecule has 2 saturated heterocycles. The summed E-state index contributed by atoms with van der Waals surface area (Å²) in [6.07, 6.45) is -10.5. The van der Waals surface area contributed by atoms with Gasteiger partial charge in [-0.25, -0.2) is 15.0 Å². The molecule has 0 bridgehead atoms. The molecule has 2 aromatic heterocycles. The number of hydrogen-bond acceptors (Lipinski definition) is 18. The average Bonchev–Trinajstić information content (AvgIpc) is 3.42. The molecule has 0 spiro atoms. The molecule has 4 heterocycles. The summed E-state index contributed by atoms with van der Waals surface area (Å²) >= 11 is 0. The number of anilines is 1. The van der Waals surface area contributed by atoms with E-state index in [-0.39, 0.29) is 17.0 Å². The number of aliphatic hydroxyl groups excluding tert-OH is 3. The van der Waals surface area contributed by atoms with Gasteiger partial charge in [0.25, 0.3) is 0 Å². The molecule has 0 aromatic carbocycles. The maximum absolute atomic E-state index is 10.9. The molecule has 2 aliphatic rings. The Morgan fingerprint density at radius 3 is 2.17 bits per heavy atom. The van der Waals surface area contributed by atoms with Crippen LogP contribution in [0.5, 0.6) is 0 Å². The molecule has 2 aliphatic heterocycles. The van der Waals surface area contributed by atoms with Crippen LogP contribution in [0.4, 0.5) is 5.82 Å². The minimum Gasteiger partial charge on any atom is -0.790 e. The number of rotatable bonds is 9. The van der Waals surface area contributed by atoms with Gasteiger partial charge < -0.3 is 73.0 Å². The van der Waals surface area contributed by atoms with Crippen LogP contribution < -0.4 is 25.3 Å². The molecular weight excluding hydrogens is 536 g/mol. The third kappa shape index (κ3) is 5.90. The SMILES string of the molecule is Nc1ncnc2c1ncn2[C@@H]1O[C@H](COP(=O)([O-])[O-])[C@@H](O)[C@H]1O[C@H]1O[C@H](COP(=O)([O-])[O-])[C@@H](O)[C@H]1O. The van der Waals surface area contributed by atoms with Crippen LogP contribution in [0.1, 0.15) is 6.23 Å². The van der Waals surface area contributed by atoms with Crippen LogP contribution in [0.2, 0.25) is 0 Å². The van der Waals surface area contributed by atoms with Gasteiger partial charge in [0.2, 0.25) is 0 Å². The summed E-state index contributed by atoms with van der Waals surface area (Å²) < 4.78 is 47.6. The van der Waals surface area contributed by atoms with Gasteiger partial charge in [0.1, 0.15) is 48.5 Å². The van der Waals surface area contributed by atoms with E-state index in [2.05, 4.69) is 24.0 Å². The molecule has 0 aliphatic carbocycles. The van der Waals surface area contributed by atoms with E-state index >= 15 is 0 Å². The number of aromatic nitrogens is 4. The minimum atomic E-state index is -5.44. The van der Waals surface area contributed by atoms with Gasteiger partial charge in [0, 0.05) is 0 Å². The van der Waals surface area contributed by atoms with Crippen molar-refractivity contribution in [3.63, 3.8) is 0 Å². The first-order valence-corrected chi connectivity index (χ1v) is 12.9. The lowest BCUT2D eigenvalue weighted by atomic mass is 10.1. The van der Waals surface area contributed by atoms with Crippen LogP contribution in [-0.2, 0) is 32.4 Å². The lowest BCUT2D eigenvalue weighted by molar-refractivity contribution is -0.345. The van der Waals surface area contributed by atoms with Crippen LogP contribution in [0.3, 0.4) is 0 Å². The number of phosphoric acid groups is 2. The molecular formula is C15H19N5O14P2-4.